The first-order chi connectivity index (χ1) is 14.3. The summed E-state index contributed by atoms with van der Waals surface area (Å²) in [6, 6.07) is 10.6. The Kier molecular flexibility index (Phi) is 7.04. The Bertz CT molecular complexity index is 1030. The smallest absolute Gasteiger partial charge is 0.460 e. The summed E-state index contributed by atoms with van der Waals surface area (Å²) in [5.41, 5.74) is 8.75. The number of esters is 1. The molecule has 0 unspecified atom stereocenters. The maximum Gasteiger partial charge on any atom is 0.463 e. The first-order valence-corrected chi connectivity index (χ1v) is 8.38. The van der Waals surface area contributed by atoms with Crippen LogP contribution in [0.15, 0.2) is 48.5 Å². The highest BCUT2D eigenvalue weighted by Gasteiger charge is 2.35. The summed E-state index contributed by atoms with van der Waals surface area (Å²) in [6.07, 6.45) is 0.223. The zero-order valence-corrected chi connectivity index (χ0v) is 15.6. The van der Waals surface area contributed by atoms with E-state index in [1.54, 1.807) is 0 Å². The molecule has 0 aliphatic heterocycles. The summed E-state index contributed by atoms with van der Waals surface area (Å²) in [5.74, 6) is -2.15. The van der Waals surface area contributed by atoms with Crippen molar-refractivity contribution in [2.45, 2.75) is 6.42 Å². The summed E-state index contributed by atoms with van der Waals surface area (Å²) in [6.45, 7) is -0.0233. The van der Waals surface area contributed by atoms with Crippen molar-refractivity contribution in [3.63, 3.8) is 0 Å². The number of non-ortho nitro benzene ring substituents is 2. The minimum atomic E-state index is -1.16. The van der Waals surface area contributed by atoms with Crippen LogP contribution < -0.4 is 4.90 Å². The highest BCUT2D eigenvalue weighted by atomic mass is 16.6. The Hall–Kier alpha value is -4.44. The Labute approximate surface area is 169 Å². The zero-order chi connectivity index (χ0) is 22.3. The highest BCUT2D eigenvalue weighted by Crippen LogP contribution is 2.21. The van der Waals surface area contributed by atoms with Gasteiger partial charge in [0.25, 0.3) is 11.4 Å². The van der Waals surface area contributed by atoms with Crippen molar-refractivity contribution < 1.29 is 29.0 Å². The van der Waals surface area contributed by atoms with Gasteiger partial charge in [-0.1, -0.05) is 12.1 Å². The van der Waals surface area contributed by atoms with Gasteiger partial charge in [-0.25, -0.2) is 4.79 Å². The number of methoxy groups -OCH3 is 1. The lowest BCUT2D eigenvalue weighted by atomic mass is 10.1. The van der Waals surface area contributed by atoms with Crippen molar-refractivity contribution in [3.05, 3.63) is 79.9 Å². The van der Waals surface area contributed by atoms with Crippen molar-refractivity contribution in [2.24, 2.45) is 0 Å². The van der Waals surface area contributed by atoms with Gasteiger partial charge in [-0.3, -0.25) is 25.0 Å². The first-order valence-electron chi connectivity index (χ1n) is 8.38. The number of nitrogens with zero attached hydrogens (tertiary/aromatic N) is 5. The minimum absolute atomic E-state index is 0.0233. The van der Waals surface area contributed by atoms with Gasteiger partial charge in [0.1, 0.15) is 0 Å². The number of nitro benzene ring substituents is 2. The summed E-state index contributed by atoms with van der Waals surface area (Å²) in [4.78, 5) is 48.7. The predicted molar refractivity (Wildman–Crippen MR) is 103 cm³/mol. The number of ether oxygens (including phenoxy) is 1. The summed E-state index contributed by atoms with van der Waals surface area (Å²) in [5, 5.41) is 21.6. The molecule has 0 aliphatic carbocycles. The third-order valence-electron chi connectivity index (χ3n) is 4.07. The van der Waals surface area contributed by atoms with Gasteiger partial charge in [0.15, 0.2) is 0 Å². The van der Waals surface area contributed by atoms with Crippen LogP contribution in [-0.2, 0) is 20.7 Å². The van der Waals surface area contributed by atoms with E-state index in [0.29, 0.717) is 5.56 Å². The maximum atomic E-state index is 12.8. The molecule has 0 N–H and O–H groups in total. The van der Waals surface area contributed by atoms with Crippen LogP contribution >= 0.6 is 0 Å². The van der Waals surface area contributed by atoms with Crippen LogP contribution in [0.5, 0.6) is 0 Å². The molecule has 0 bridgehead atoms. The van der Waals surface area contributed by atoms with Gasteiger partial charge in [-0.2, -0.15) is 4.79 Å². The second-order valence-electron chi connectivity index (χ2n) is 5.84. The summed E-state index contributed by atoms with van der Waals surface area (Å²) < 4.78 is 4.43. The molecule has 12 nitrogen and oxygen atoms in total. The van der Waals surface area contributed by atoms with Crippen molar-refractivity contribution in [1.29, 1.82) is 0 Å². The van der Waals surface area contributed by atoms with Gasteiger partial charge in [0.05, 0.1) is 17.0 Å². The molecule has 0 heterocycles. The van der Waals surface area contributed by atoms with Gasteiger partial charge in [0, 0.05) is 36.5 Å². The second-order valence-corrected chi connectivity index (χ2v) is 5.84. The van der Waals surface area contributed by atoms with Crippen LogP contribution in [0.4, 0.5) is 17.1 Å². The molecule has 1 amide bonds. The van der Waals surface area contributed by atoms with E-state index in [0.717, 1.165) is 12.0 Å². The van der Waals surface area contributed by atoms with Crippen LogP contribution in [0.25, 0.3) is 5.53 Å². The lowest BCUT2D eigenvalue weighted by Crippen LogP contribution is -2.42. The van der Waals surface area contributed by atoms with Crippen LogP contribution in [0.3, 0.4) is 0 Å². The molecule has 154 valence electrons. The zero-order valence-electron chi connectivity index (χ0n) is 15.6. The molecule has 0 atom stereocenters. The average Bonchev–Trinajstić information content (AvgIpc) is 2.74. The highest BCUT2D eigenvalue weighted by molar-refractivity contribution is 6.64. The monoisotopic (exact) mass is 413 g/mol. The molecule has 0 aromatic heterocycles. The van der Waals surface area contributed by atoms with Crippen molar-refractivity contribution in [1.82, 2.24) is 0 Å². The molecule has 0 radical (unpaired) electrons. The molecule has 30 heavy (non-hydrogen) atoms. The molecule has 2 aromatic rings. The molecule has 0 saturated heterocycles. The van der Waals surface area contributed by atoms with Crippen LogP contribution in [0, 0.1) is 20.2 Å². The largest absolute Gasteiger partial charge is 0.463 e. The van der Waals surface area contributed by atoms with Crippen LogP contribution in [0.2, 0.25) is 0 Å². The third-order valence-corrected chi connectivity index (χ3v) is 4.07. The number of benzene rings is 2. The topological polar surface area (TPSA) is 169 Å². The fourth-order valence-electron chi connectivity index (χ4n) is 2.52. The molecule has 0 aliphatic rings. The van der Waals surface area contributed by atoms with E-state index in [1.807, 2.05) is 0 Å². The maximum absolute atomic E-state index is 12.8. The molecule has 12 heteroatoms. The summed E-state index contributed by atoms with van der Waals surface area (Å²) in [7, 11) is 1.01. The standard InChI is InChI=1S/C18H15N5O7/c1-30-18(25)16(20-19)17(24)21(13-6-8-15(9-7-13)23(28)29)11-10-12-2-4-14(5-3-12)22(26)27/h2-9H,10-11H2,1H3. The number of carbonyl (C=O) groups excluding carboxylic acids is 2. The van der Waals surface area contributed by atoms with Crippen LogP contribution in [-0.4, -0.2) is 45.9 Å². The Balaban J connectivity index is 2.33. The van der Waals surface area contributed by atoms with Crippen molar-refractivity contribution in [3.8, 4) is 0 Å². The van der Waals surface area contributed by atoms with E-state index in [1.165, 1.54) is 48.5 Å². The van der Waals surface area contributed by atoms with E-state index in [4.69, 9.17) is 5.53 Å². The van der Waals surface area contributed by atoms with Gasteiger partial charge < -0.3 is 15.2 Å². The number of rotatable bonds is 8. The first kappa shape index (κ1) is 21.9. The molecule has 0 saturated carbocycles. The molecule has 2 rings (SSSR count). The number of carbonyl (C=O) groups is 2. The fourth-order valence-corrected chi connectivity index (χ4v) is 2.52. The molecule has 0 spiro atoms. The second kappa shape index (κ2) is 9.66. The molecule has 2 aromatic carbocycles. The van der Waals surface area contributed by atoms with E-state index >= 15 is 0 Å². The SMILES string of the molecule is COC(=O)C(=[N+]=[N-])C(=O)N(CCc1ccc([N+](=O)[O-])cc1)c1ccc([N+](=O)[O-])cc1. The number of nitro groups is 2. The van der Waals surface area contributed by atoms with E-state index < -0.39 is 27.4 Å². The third kappa shape index (κ3) is 5.09. The number of hydrogen-bond acceptors (Lipinski definition) is 7. The van der Waals surface area contributed by atoms with Gasteiger partial charge in [-0.05, 0) is 24.1 Å². The Morgan fingerprint density at radius 2 is 1.50 bits per heavy atom. The van der Waals surface area contributed by atoms with Crippen molar-refractivity contribution in [2.75, 3.05) is 18.6 Å². The van der Waals surface area contributed by atoms with Crippen LogP contribution in [0.1, 0.15) is 5.56 Å². The molecular weight excluding hydrogens is 398 g/mol. The number of hydrogen-bond donors (Lipinski definition) is 0. The van der Waals surface area contributed by atoms with E-state index in [-0.39, 0.29) is 30.0 Å². The lowest BCUT2D eigenvalue weighted by molar-refractivity contribution is -0.385. The van der Waals surface area contributed by atoms with E-state index in [2.05, 4.69) is 9.53 Å². The molecule has 0 fully saturated rings. The quantitative estimate of drug-likeness (QED) is 0.121. The normalized spacial score (nSPS) is 9.90. The predicted octanol–water partition coefficient (Wildman–Crippen LogP) is 1.92. The Morgan fingerprint density at radius 3 is 1.93 bits per heavy atom. The van der Waals surface area contributed by atoms with Crippen molar-refractivity contribution >= 4 is 34.7 Å². The van der Waals surface area contributed by atoms with E-state index in [9.17, 15) is 29.8 Å². The van der Waals surface area contributed by atoms with Gasteiger partial charge >= 0.3 is 17.6 Å². The minimum Gasteiger partial charge on any atom is -0.460 e. The van der Waals surface area contributed by atoms with Gasteiger partial charge in [0.2, 0.25) is 0 Å². The molecular formula is C18H15N5O7. The van der Waals surface area contributed by atoms with Gasteiger partial charge in [-0.15, -0.1) is 0 Å². The average molecular weight is 413 g/mol. The fraction of sp³-hybridized carbons (Fsp3) is 0.167. The lowest BCUT2D eigenvalue weighted by Gasteiger charge is -2.20. The number of amides is 1. The number of anilines is 1. The Morgan fingerprint density at radius 1 is 1.00 bits per heavy atom. The summed E-state index contributed by atoms with van der Waals surface area (Å²) >= 11 is 0.